The third-order valence-electron chi connectivity index (χ3n) is 5.35. The van der Waals surface area contributed by atoms with E-state index in [9.17, 15) is 9.59 Å². The van der Waals surface area contributed by atoms with Crippen LogP contribution in [-0.2, 0) is 16.1 Å². The van der Waals surface area contributed by atoms with Gasteiger partial charge < -0.3 is 10.1 Å². The fraction of sp³-hybridized carbons (Fsp3) is 0.550. The van der Waals surface area contributed by atoms with Crippen LogP contribution in [0.2, 0.25) is 5.02 Å². The van der Waals surface area contributed by atoms with Gasteiger partial charge in [-0.2, -0.15) is 0 Å². The number of nitrogens with zero attached hydrogens (tertiary/aromatic N) is 2. The van der Waals surface area contributed by atoms with Crippen LogP contribution in [0.1, 0.15) is 38.5 Å². The van der Waals surface area contributed by atoms with Gasteiger partial charge in [0.1, 0.15) is 0 Å². The summed E-state index contributed by atoms with van der Waals surface area (Å²) in [5.41, 5.74) is 0.440. The Balaban J connectivity index is 1.58. The number of halogens is 1. The van der Waals surface area contributed by atoms with Gasteiger partial charge in [-0.3, -0.25) is 14.2 Å². The Kier molecular flexibility index (Phi) is 6.23. The third kappa shape index (κ3) is 4.53. The molecule has 150 valence electrons. The molecule has 1 aliphatic heterocycles. The van der Waals surface area contributed by atoms with E-state index in [-0.39, 0.29) is 29.4 Å². The maximum Gasteiger partial charge on any atom is 0.262 e. The third-order valence-corrected chi connectivity index (χ3v) is 6.56. The summed E-state index contributed by atoms with van der Waals surface area (Å²) in [6, 6.07) is 5.38. The number of hydrogen-bond donors (Lipinski definition) is 1. The Hall–Kier alpha value is -1.57. The van der Waals surface area contributed by atoms with E-state index in [0.717, 1.165) is 32.3 Å². The number of thioether (sulfide) groups is 1. The molecule has 4 rings (SSSR count). The molecule has 0 bridgehead atoms. The second-order valence-corrected chi connectivity index (χ2v) is 8.82. The summed E-state index contributed by atoms with van der Waals surface area (Å²) < 4.78 is 7.37. The van der Waals surface area contributed by atoms with Crippen LogP contribution in [0.15, 0.2) is 28.2 Å². The summed E-state index contributed by atoms with van der Waals surface area (Å²) in [6.07, 6.45) is 6.38. The molecule has 8 heteroatoms. The van der Waals surface area contributed by atoms with Crippen LogP contribution in [0, 0.1) is 0 Å². The number of benzene rings is 1. The van der Waals surface area contributed by atoms with Crippen molar-refractivity contribution in [1.82, 2.24) is 14.9 Å². The van der Waals surface area contributed by atoms with Gasteiger partial charge in [0, 0.05) is 17.7 Å². The highest BCUT2D eigenvalue weighted by molar-refractivity contribution is 7.99. The smallest absolute Gasteiger partial charge is 0.262 e. The van der Waals surface area contributed by atoms with E-state index < -0.39 is 0 Å². The van der Waals surface area contributed by atoms with Crippen molar-refractivity contribution in [3.63, 3.8) is 0 Å². The van der Waals surface area contributed by atoms with E-state index in [0.29, 0.717) is 27.6 Å². The molecule has 1 saturated carbocycles. The summed E-state index contributed by atoms with van der Waals surface area (Å²) in [4.78, 5) is 30.1. The first kappa shape index (κ1) is 19.7. The average Bonchev–Trinajstić information content (AvgIpc) is 3.36. The van der Waals surface area contributed by atoms with Crippen molar-refractivity contribution in [2.45, 2.75) is 62.4 Å². The molecule has 1 aromatic carbocycles. The van der Waals surface area contributed by atoms with Crippen molar-refractivity contribution in [2.24, 2.45) is 0 Å². The highest BCUT2D eigenvalue weighted by Gasteiger charge is 2.22. The Morgan fingerprint density at radius 2 is 2.11 bits per heavy atom. The van der Waals surface area contributed by atoms with Crippen LogP contribution >= 0.6 is 23.4 Å². The number of carbonyl (C=O) groups excluding carboxylic acids is 1. The number of fused-ring (bicyclic) bond motifs is 1. The number of aromatic nitrogens is 2. The number of carbonyl (C=O) groups is 1. The summed E-state index contributed by atoms with van der Waals surface area (Å²) in [5.74, 6) is 0.224. The molecule has 1 saturated heterocycles. The quantitative estimate of drug-likeness (QED) is 0.571. The fourth-order valence-electron chi connectivity index (χ4n) is 3.91. The second-order valence-electron chi connectivity index (χ2n) is 7.44. The molecule has 1 N–H and O–H groups in total. The van der Waals surface area contributed by atoms with Crippen LogP contribution in [-0.4, -0.2) is 40.0 Å². The Labute approximate surface area is 173 Å². The Morgan fingerprint density at radius 1 is 1.29 bits per heavy atom. The molecule has 1 aromatic heterocycles. The van der Waals surface area contributed by atoms with Crippen LogP contribution in [0.25, 0.3) is 10.9 Å². The largest absolute Gasteiger partial charge is 0.376 e. The minimum Gasteiger partial charge on any atom is -0.376 e. The van der Waals surface area contributed by atoms with Gasteiger partial charge in [0.15, 0.2) is 5.16 Å². The lowest BCUT2D eigenvalue weighted by Crippen LogP contribution is -2.34. The Bertz CT molecular complexity index is 921. The van der Waals surface area contributed by atoms with Crippen LogP contribution in [0.3, 0.4) is 0 Å². The molecule has 2 fully saturated rings. The van der Waals surface area contributed by atoms with Crippen molar-refractivity contribution in [1.29, 1.82) is 0 Å². The van der Waals surface area contributed by atoms with E-state index in [4.69, 9.17) is 16.3 Å². The molecule has 1 atom stereocenters. The van der Waals surface area contributed by atoms with Crippen molar-refractivity contribution in [2.75, 3.05) is 12.4 Å². The van der Waals surface area contributed by atoms with E-state index in [1.165, 1.54) is 24.6 Å². The highest BCUT2D eigenvalue weighted by atomic mass is 35.5. The van der Waals surface area contributed by atoms with Gasteiger partial charge >= 0.3 is 0 Å². The molecule has 0 unspecified atom stereocenters. The first-order valence-corrected chi connectivity index (χ1v) is 11.2. The normalized spacial score (nSPS) is 20.1. The standard InChI is InChI=1S/C20H24ClN3O3S/c21-13-7-8-16-17(10-13)23-20(24(19(16)26)11-15-6-3-9-27-15)28-12-18(25)22-14-4-1-2-5-14/h7-8,10,14-15H,1-6,9,11-12H2,(H,22,25)/t15-/m0/s1. The van der Waals surface area contributed by atoms with Gasteiger partial charge in [-0.05, 0) is 43.9 Å². The number of nitrogens with one attached hydrogen (secondary N) is 1. The number of ether oxygens (including phenoxy) is 1. The van der Waals surface area contributed by atoms with Gasteiger partial charge in [-0.15, -0.1) is 0 Å². The molecular weight excluding hydrogens is 398 g/mol. The molecule has 2 aromatic rings. The van der Waals surface area contributed by atoms with E-state index in [1.807, 2.05) is 0 Å². The Morgan fingerprint density at radius 3 is 2.86 bits per heavy atom. The van der Waals surface area contributed by atoms with E-state index >= 15 is 0 Å². The molecule has 1 aliphatic carbocycles. The predicted octanol–water partition coefficient (Wildman–Crippen LogP) is 3.38. The van der Waals surface area contributed by atoms with E-state index in [1.54, 1.807) is 22.8 Å². The lowest BCUT2D eigenvalue weighted by Gasteiger charge is -2.17. The van der Waals surface area contributed by atoms with Crippen molar-refractivity contribution in [3.05, 3.63) is 33.6 Å². The maximum atomic E-state index is 13.1. The van der Waals surface area contributed by atoms with Gasteiger partial charge in [-0.25, -0.2) is 4.98 Å². The topological polar surface area (TPSA) is 73.2 Å². The molecule has 0 spiro atoms. The van der Waals surface area contributed by atoms with Crippen molar-refractivity contribution >= 4 is 40.2 Å². The highest BCUT2D eigenvalue weighted by Crippen LogP contribution is 2.23. The van der Waals surface area contributed by atoms with Crippen LogP contribution in [0.4, 0.5) is 0 Å². The van der Waals surface area contributed by atoms with Crippen LogP contribution in [0.5, 0.6) is 0 Å². The van der Waals surface area contributed by atoms with Gasteiger partial charge in [0.25, 0.3) is 5.56 Å². The SMILES string of the molecule is O=C(CSc1nc2cc(Cl)ccc2c(=O)n1C[C@@H]1CCCO1)NC1CCCC1. The molecule has 0 radical (unpaired) electrons. The molecular formula is C20H24ClN3O3S. The molecule has 28 heavy (non-hydrogen) atoms. The minimum atomic E-state index is -0.115. The summed E-state index contributed by atoms with van der Waals surface area (Å²) in [5, 5.41) is 4.68. The molecule has 1 amide bonds. The van der Waals surface area contributed by atoms with Gasteiger partial charge in [0.2, 0.25) is 5.91 Å². The molecule has 6 nitrogen and oxygen atoms in total. The first-order chi connectivity index (χ1) is 13.6. The zero-order valence-corrected chi connectivity index (χ0v) is 17.2. The van der Waals surface area contributed by atoms with E-state index in [2.05, 4.69) is 10.3 Å². The fourth-order valence-corrected chi connectivity index (χ4v) is 4.89. The summed E-state index contributed by atoms with van der Waals surface area (Å²) in [6.45, 7) is 1.18. The number of hydrogen-bond acceptors (Lipinski definition) is 5. The predicted molar refractivity (Wildman–Crippen MR) is 111 cm³/mol. The monoisotopic (exact) mass is 421 g/mol. The van der Waals surface area contributed by atoms with Gasteiger partial charge in [0.05, 0.1) is 29.3 Å². The average molecular weight is 422 g/mol. The van der Waals surface area contributed by atoms with Gasteiger partial charge in [-0.1, -0.05) is 36.2 Å². The zero-order valence-electron chi connectivity index (χ0n) is 15.7. The lowest BCUT2D eigenvalue weighted by molar-refractivity contribution is -0.119. The molecule has 2 aliphatic rings. The lowest BCUT2D eigenvalue weighted by atomic mass is 10.2. The molecule has 2 heterocycles. The summed E-state index contributed by atoms with van der Waals surface area (Å²) in [7, 11) is 0. The number of rotatable bonds is 6. The van der Waals surface area contributed by atoms with Crippen molar-refractivity contribution < 1.29 is 9.53 Å². The maximum absolute atomic E-state index is 13.1. The first-order valence-electron chi connectivity index (χ1n) is 9.84. The second kappa shape index (κ2) is 8.84. The minimum absolute atomic E-state index is 0.0101. The van der Waals surface area contributed by atoms with Crippen LogP contribution < -0.4 is 10.9 Å². The summed E-state index contributed by atoms with van der Waals surface area (Å²) >= 11 is 7.38. The van der Waals surface area contributed by atoms with Crippen molar-refractivity contribution in [3.8, 4) is 0 Å². The number of amides is 1. The zero-order chi connectivity index (χ0) is 19.5.